The number of hydrogen-bond donors (Lipinski definition) is 1. The van der Waals surface area contributed by atoms with E-state index in [1.807, 2.05) is 12.1 Å². The van der Waals surface area contributed by atoms with Gasteiger partial charge >= 0.3 is 5.97 Å². The summed E-state index contributed by atoms with van der Waals surface area (Å²) in [6.45, 7) is 4.12. The number of hydrogen-bond acceptors (Lipinski definition) is 4. The van der Waals surface area contributed by atoms with Gasteiger partial charge in [0.2, 0.25) is 0 Å². The second kappa shape index (κ2) is 6.49. The lowest BCUT2D eigenvalue weighted by Crippen LogP contribution is -2.06. The Bertz CT molecular complexity index is 938. The maximum absolute atomic E-state index is 11.9. The Balaban J connectivity index is 2.14. The Morgan fingerprint density at radius 1 is 1.08 bits per heavy atom. The lowest BCUT2D eigenvalue weighted by molar-refractivity contribution is 0.0594. The highest BCUT2D eigenvalue weighted by molar-refractivity contribution is 6.31. The number of carbonyl (C=O) groups excluding carboxylic acids is 1. The standard InChI is InChI=1S/C19H17ClN2O2/c1-11-4-6-14(8-12(11)2)21-17-10-18(19(23)24-3)22-16-7-5-13(20)9-15(16)17/h4-10H,1-3H3,(H,21,22). The summed E-state index contributed by atoms with van der Waals surface area (Å²) in [5.74, 6) is -0.477. The van der Waals surface area contributed by atoms with Gasteiger partial charge in [0.15, 0.2) is 5.69 Å². The number of pyridine rings is 1. The Hall–Kier alpha value is -2.59. The molecule has 0 saturated carbocycles. The maximum atomic E-state index is 11.9. The zero-order valence-electron chi connectivity index (χ0n) is 13.7. The lowest BCUT2D eigenvalue weighted by Gasteiger charge is -2.13. The molecule has 4 nitrogen and oxygen atoms in total. The Morgan fingerprint density at radius 2 is 1.88 bits per heavy atom. The van der Waals surface area contributed by atoms with Gasteiger partial charge in [-0.1, -0.05) is 17.7 Å². The summed E-state index contributed by atoms with van der Waals surface area (Å²) < 4.78 is 4.79. The van der Waals surface area contributed by atoms with Gasteiger partial charge in [0.1, 0.15) is 0 Å². The number of aryl methyl sites for hydroxylation is 2. The van der Waals surface area contributed by atoms with E-state index in [0.717, 1.165) is 16.8 Å². The summed E-state index contributed by atoms with van der Waals surface area (Å²) in [6.07, 6.45) is 0. The number of nitrogens with one attached hydrogen (secondary N) is 1. The van der Waals surface area contributed by atoms with Crippen LogP contribution in [0.15, 0.2) is 42.5 Å². The highest BCUT2D eigenvalue weighted by Crippen LogP contribution is 2.29. The molecule has 1 N–H and O–H groups in total. The van der Waals surface area contributed by atoms with Crippen molar-refractivity contribution in [1.29, 1.82) is 0 Å². The fourth-order valence-corrected chi connectivity index (χ4v) is 2.66. The van der Waals surface area contributed by atoms with Crippen LogP contribution in [0.25, 0.3) is 10.9 Å². The van der Waals surface area contributed by atoms with Crippen molar-refractivity contribution in [3.8, 4) is 0 Å². The third kappa shape index (κ3) is 3.19. The normalized spacial score (nSPS) is 10.7. The number of aromatic nitrogens is 1. The van der Waals surface area contributed by atoms with Crippen LogP contribution in [0, 0.1) is 13.8 Å². The molecule has 0 saturated heterocycles. The molecule has 0 atom stereocenters. The number of rotatable bonds is 3. The van der Waals surface area contributed by atoms with Crippen LogP contribution in [0.2, 0.25) is 5.02 Å². The van der Waals surface area contributed by atoms with Gasteiger partial charge in [-0.2, -0.15) is 0 Å². The summed E-state index contributed by atoms with van der Waals surface area (Å²) in [5.41, 5.74) is 5.02. The summed E-state index contributed by atoms with van der Waals surface area (Å²) in [5, 5.41) is 4.81. The zero-order valence-corrected chi connectivity index (χ0v) is 14.4. The first-order valence-electron chi connectivity index (χ1n) is 7.51. The van der Waals surface area contributed by atoms with Crippen LogP contribution in [-0.4, -0.2) is 18.1 Å². The number of methoxy groups -OCH3 is 1. The molecule has 0 fully saturated rings. The van der Waals surface area contributed by atoms with Crippen molar-refractivity contribution in [3.05, 3.63) is 64.3 Å². The third-order valence-corrected chi connectivity index (χ3v) is 4.19. The van der Waals surface area contributed by atoms with Gasteiger partial charge in [0.05, 0.1) is 18.3 Å². The number of anilines is 2. The molecule has 1 aromatic heterocycles. The molecular weight excluding hydrogens is 324 g/mol. The maximum Gasteiger partial charge on any atom is 0.356 e. The predicted octanol–water partition coefficient (Wildman–Crippen LogP) is 5.04. The zero-order chi connectivity index (χ0) is 17.3. The largest absolute Gasteiger partial charge is 0.464 e. The van der Waals surface area contributed by atoms with Crippen molar-refractivity contribution in [2.75, 3.05) is 12.4 Å². The van der Waals surface area contributed by atoms with Crippen molar-refractivity contribution >= 4 is 39.8 Å². The van der Waals surface area contributed by atoms with E-state index in [0.29, 0.717) is 10.5 Å². The number of fused-ring (bicyclic) bond motifs is 1. The molecule has 2 aromatic carbocycles. The van der Waals surface area contributed by atoms with Gasteiger partial charge in [0.25, 0.3) is 0 Å². The SMILES string of the molecule is COC(=O)c1cc(Nc2ccc(C)c(C)c2)c2cc(Cl)ccc2n1. The number of esters is 1. The molecule has 24 heavy (non-hydrogen) atoms. The third-order valence-electron chi connectivity index (χ3n) is 3.95. The molecule has 0 aliphatic heterocycles. The molecule has 1 heterocycles. The lowest BCUT2D eigenvalue weighted by atomic mass is 10.1. The molecule has 0 aliphatic rings. The van der Waals surface area contributed by atoms with Gasteiger partial charge in [-0.05, 0) is 61.4 Å². The minimum absolute atomic E-state index is 0.249. The Morgan fingerprint density at radius 3 is 2.58 bits per heavy atom. The molecule has 122 valence electrons. The topological polar surface area (TPSA) is 51.2 Å². The average molecular weight is 341 g/mol. The molecule has 0 radical (unpaired) electrons. The Kier molecular flexibility index (Phi) is 4.40. The van der Waals surface area contributed by atoms with E-state index in [-0.39, 0.29) is 5.69 Å². The van der Waals surface area contributed by atoms with E-state index >= 15 is 0 Å². The molecule has 0 amide bonds. The first kappa shape index (κ1) is 16.3. The molecule has 5 heteroatoms. The smallest absolute Gasteiger partial charge is 0.356 e. The number of benzene rings is 2. The van der Waals surface area contributed by atoms with Gasteiger partial charge in [0, 0.05) is 16.1 Å². The number of halogens is 1. The van der Waals surface area contributed by atoms with Crippen molar-refractivity contribution in [2.45, 2.75) is 13.8 Å². The van der Waals surface area contributed by atoms with Crippen LogP contribution >= 0.6 is 11.6 Å². The van der Waals surface area contributed by atoms with Crippen LogP contribution < -0.4 is 5.32 Å². The van der Waals surface area contributed by atoms with E-state index in [4.69, 9.17) is 16.3 Å². The first-order valence-corrected chi connectivity index (χ1v) is 7.88. The second-order valence-corrected chi connectivity index (χ2v) is 6.07. The van der Waals surface area contributed by atoms with E-state index < -0.39 is 5.97 Å². The molecule has 0 unspecified atom stereocenters. The number of carbonyl (C=O) groups is 1. The van der Waals surface area contributed by atoms with E-state index in [1.54, 1.807) is 18.2 Å². The Labute approximate surface area is 145 Å². The van der Waals surface area contributed by atoms with Gasteiger partial charge < -0.3 is 10.1 Å². The molecule has 3 aromatic rings. The summed E-state index contributed by atoms with van der Waals surface area (Å²) in [7, 11) is 1.34. The van der Waals surface area contributed by atoms with E-state index in [2.05, 4.69) is 36.3 Å². The molecule has 3 rings (SSSR count). The average Bonchev–Trinajstić information content (AvgIpc) is 2.57. The van der Waals surface area contributed by atoms with Gasteiger partial charge in [-0.3, -0.25) is 0 Å². The van der Waals surface area contributed by atoms with Crippen LogP contribution in [0.3, 0.4) is 0 Å². The fraction of sp³-hybridized carbons (Fsp3) is 0.158. The van der Waals surface area contributed by atoms with Crippen LogP contribution in [0.5, 0.6) is 0 Å². The summed E-state index contributed by atoms with van der Waals surface area (Å²) in [4.78, 5) is 16.2. The van der Waals surface area contributed by atoms with Crippen LogP contribution in [0.4, 0.5) is 11.4 Å². The van der Waals surface area contributed by atoms with Gasteiger partial charge in [-0.15, -0.1) is 0 Å². The fourth-order valence-electron chi connectivity index (χ4n) is 2.49. The number of ether oxygens (including phenoxy) is 1. The summed E-state index contributed by atoms with van der Waals surface area (Å²) in [6, 6.07) is 13.2. The minimum Gasteiger partial charge on any atom is -0.464 e. The predicted molar refractivity (Wildman–Crippen MR) is 97.3 cm³/mol. The van der Waals surface area contributed by atoms with Crippen molar-refractivity contribution in [3.63, 3.8) is 0 Å². The van der Waals surface area contributed by atoms with Crippen LogP contribution in [0.1, 0.15) is 21.6 Å². The first-order chi connectivity index (χ1) is 11.5. The molecule has 0 aliphatic carbocycles. The number of nitrogens with zero attached hydrogens (tertiary/aromatic N) is 1. The van der Waals surface area contributed by atoms with Crippen molar-refractivity contribution in [2.24, 2.45) is 0 Å². The monoisotopic (exact) mass is 340 g/mol. The molecule has 0 bridgehead atoms. The molecular formula is C19H17ClN2O2. The minimum atomic E-state index is -0.477. The second-order valence-electron chi connectivity index (χ2n) is 5.63. The van der Waals surface area contributed by atoms with Gasteiger partial charge in [-0.25, -0.2) is 9.78 Å². The van der Waals surface area contributed by atoms with Crippen LogP contribution in [-0.2, 0) is 4.74 Å². The molecule has 0 spiro atoms. The van der Waals surface area contributed by atoms with E-state index in [1.165, 1.54) is 18.2 Å². The summed E-state index contributed by atoms with van der Waals surface area (Å²) >= 11 is 6.12. The highest BCUT2D eigenvalue weighted by atomic mass is 35.5. The van der Waals surface area contributed by atoms with E-state index in [9.17, 15) is 4.79 Å². The van der Waals surface area contributed by atoms with Crippen molar-refractivity contribution < 1.29 is 9.53 Å². The van der Waals surface area contributed by atoms with Crippen molar-refractivity contribution in [1.82, 2.24) is 4.98 Å². The quantitative estimate of drug-likeness (QED) is 0.679. The highest BCUT2D eigenvalue weighted by Gasteiger charge is 2.13.